The van der Waals surface area contributed by atoms with E-state index in [4.69, 9.17) is 5.73 Å². The first-order chi connectivity index (χ1) is 8.66. The van der Waals surface area contributed by atoms with Crippen LogP contribution in [0.5, 0.6) is 0 Å². The zero-order valence-electron chi connectivity index (χ0n) is 10.3. The fourth-order valence-electron chi connectivity index (χ4n) is 1.85. The van der Waals surface area contributed by atoms with Crippen molar-refractivity contribution in [3.8, 4) is 11.1 Å². The average molecular weight is 237 g/mol. The van der Waals surface area contributed by atoms with Crippen LogP contribution in [0.4, 0.5) is 0 Å². The van der Waals surface area contributed by atoms with Gasteiger partial charge in [-0.3, -0.25) is 4.79 Å². The van der Waals surface area contributed by atoms with Gasteiger partial charge >= 0.3 is 0 Å². The summed E-state index contributed by atoms with van der Waals surface area (Å²) in [5.74, 6) is -0.432. The molecule has 90 valence electrons. The second-order valence-corrected chi connectivity index (χ2v) is 4.17. The van der Waals surface area contributed by atoms with Crippen LogP contribution in [-0.4, -0.2) is 5.91 Å². The van der Waals surface area contributed by atoms with E-state index in [1.807, 2.05) is 36.4 Å². The lowest BCUT2D eigenvalue weighted by Gasteiger charge is -2.05. The Labute approximate surface area is 107 Å². The molecule has 0 radical (unpaired) electrons. The molecule has 0 aliphatic rings. The molecule has 0 aliphatic carbocycles. The first-order valence-corrected chi connectivity index (χ1v) is 5.80. The molecule has 2 aromatic carbocycles. The highest BCUT2D eigenvalue weighted by molar-refractivity contribution is 5.90. The lowest BCUT2D eigenvalue weighted by molar-refractivity contribution is -0.113. The molecular formula is C16H15NO. The molecule has 0 saturated carbocycles. The van der Waals surface area contributed by atoms with Gasteiger partial charge in [0.25, 0.3) is 0 Å². The standard InChI is InChI=1S/C16H15NO/c1-12-4-2-3-5-15(12)14-9-6-13(7-10-14)8-11-16(17)18/h2-11H,1H3,(H2,17,18). The Morgan fingerprint density at radius 1 is 1.06 bits per heavy atom. The Kier molecular flexibility index (Phi) is 3.58. The summed E-state index contributed by atoms with van der Waals surface area (Å²) in [6.45, 7) is 2.09. The SMILES string of the molecule is Cc1ccccc1-c1ccc(C=CC(N)=O)cc1. The lowest BCUT2D eigenvalue weighted by Crippen LogP contribution is -2.04. The van der Waals surface area contributed by atoms with Crippen LogP contribution in [0.15, 0.2) is 54.6 Å². The number of nitrogens with two attached hydrogens (primary N) is 1. The maximum atomic E-state index is 10.6. The van der Waals surface area contributed by atoms with Crippen LogP contribution in [0.25, 0.3) is 17.2 Å². The molecule has 0 aliphatic heterocycles. The number of amides is 1. The summed E-state index contributed by atoms with van der Waals surface area (Å²) in [5, 5.41) is 0. The van der Waals surface area contributed by atoms with Crippen LogP contribution in [0.2, 0.25) is 0 Å². The van der Waals surface area contributed by atoms with E-state index in [0.29, 0.717) is 0 Å². The Balaban J connectivity index is 2.28. The van der Waals surface area contributed by atoms with E-state index >= 15 is 0 Å². The molecule has 0 bridgehead atoms. The molecule has 2 rings (SSSR count). The largest absolute Gasteiger partial charge is 0.366 e. The summed E-state index contributed by atoms with van der Waals surface area (Å²) in [4.78, 5) is 10.6. The Morgan fingerprint density at radius 3 is 2.33 bits per heavy atom. The number of hydrogen-bond donors (Lipinski definition) is 1. The topological polar surface area (TPSA) is 43.1 Å². The Bertz CT molecular complexity index is 582. The molecule has 2 heteroatoms. The molecule has 0 unspecified atom stereocenters. The number of hydrogen-bond acceptors (Lipinski definition) is 1. The van der Waals surface area contributed by atoms with Gasteiger partial charge in [0.15, 0.2) is 0 Å². The zero-order chi connectivity index (χ0) is 13.0. The molecule has 18 heavy (non-hydrogen) atoms. The van der Waals surface area contributed by atoms with Gasteiger partial charge in [-0.25, -0.2) is 0 Å². The molecule has 2 nitrogen and oxygen atoms in total. The monoisotopic (exact) mass is 237 g/mol. The number of rotatable bonds is 3. The molecule has 2 N–H and O–H groups in total. The van der Waals surface area contributed by atoms with Gasteiger partial charge in [-0.05, 0) is 35.3 Å². The second-order valence-electron chi connectivity index (χ2n) is 4.17. The van der Waals surface area contributed by atoms with Crippen molar-refractivity contribution in [1.82, 2.24) is 0 Å². The fraction of sp³-hybridized carbons (Fsp3) is 0.0625. The van der Waals surface area contributed by atoms with Crippen molar-refractivity contribution < 1.29 is 4.79 Å². The van der Waals surface area contributed by atoms with Crippen molar-refractivity contribution in [3.63, 3.8) is 0 Å². The molecule has 0 atom stereocenters. The van der Waals surface area contributed by atoms with Crippen LogP contribution in [0, 0.1) is 6.92 Å². The van der Waals surface area contributed by atoms with Crippen LogP contribution in [0.3, 0.4) is 0 Å². The molecule has 0 heterocycles. The molecule has 2 aromatic rings. The van der Waals surface area contributed by atoms with E-state index < -0.39 is 5.91 Å². The average Bonchev–Trinajstić information content (AvgIpc) is 2.38. The van der Waals surface area contributed by atoms with E-state index in [1.165, 1.54) is 22.8 Å². The predicted octanol–water partition coefficient (Wildman–Crippen LogP) is 3.16. The van der Waals surface area contributed by atoms with E-state index in [9.17, 15) is 4.79 Å². The van der Waals surface area contributed by atoms with E-state index in [-0.39, 0.29) is 0 Å². The van der Waals surface area contributed by atoms with Gasteiger partial charge in [-0.2, -0.15) is 0 Å². The zero-order valence-corrected chi connectivity index (χ0v) is 10.3. The van der Waals surface area contributed by atoms with Gasteiger partial charge < -0.3 is 5.73 Å². The molecule has 1 amide bonds. The van der Waals surface area contributed by atoms with Crippen molar-refractivity contribution in [2.24, 2.45) is 5.73 Å². The predicted molar refractivity (Wildman–Crippen MR) is 74.8 cm³/mol. The number of aryl methyl sites for hydroxylation is 1. The smallest absolute Gasteiger partial charge is 0.241 e. The van der Waals surface area contributed by atoms with Crippen LogP contribution < -0.4 is 5.73 Å². The minimum absolute atomic E-state index is 0.432. The van der Waals surface area contributed by atoms with Crippen molar-refractivity contribution in [2.75, 3.05) is 0 Å². The molecular weight excluding hydrogens is 222 g/mol. The minimum atomic E-state index is -0.432. The summed E-state index contributed by atoms with van der Waals surface area (Å²) in [5.41, 5.74) is 9.66. The number of benzene rings is 2. The Hall–Kier alpha value is -2.35. The van der Waals surface area contributed by atoms with Crippen LogP contribution in [-0.2, 0) is 4.79 Å². The molecule has 0 saturated heterocycles. The van der Waals surface area contributed by atoms with Crippen molar-refractivity contribution >= 4 is 12.0 Å². The minimum Gasteiger partial charge on any atom is -0.366 e. The maximum absolute atomic E-state index is 10.6. The third-order valence-corrected chi connectivity index (χ3v) is 2.81. The van der Waals surface area contributed by atoms with Gasteiger partial charge in [0.2, 0.25) is 5.91 Å². The first-order valence-electron chi connectivity index (χ1n) is 5.80. The first kappa shape index (κ1) is 12.1. The van der Waals surface area contributed by atoms with Crippen molar-refractivity contribution in [2.45, 2.75) is 6.92 Å². The molecule has 0 fully saturated rings. The van der Waals surface area contributed by atoms with E-state index in [0.717, 1.165) is 5.56 Å². The summed E-state index contributed by atoms with van der Waals surface area (Å²) in [6.07, 6.45) is 3.08. The third kappa shape index (κ3) is 2.86. The van der Waals surface area contributed by atoms with Crippen molar-refractivity contribution in [3.05, 3.63) is 65.7 Å². The highest BCUT2D eigenvalue weighted by Gasteiger charge is 1.99. The van der Waals surface area contributed by atoms with Crippen molar-refractivity contribution in [1.29, 1.82) is 0 Å². The fourth-order valence-corrected chi connectivity index (χ4v) is 1.85. The van der Waals surface area contributed by atoms with Gasteiger partial charge in [0.05, 0.1) is 0 Å². The highest BCUT2D eigenvalue weighted by Crippen LogP contribution is 2.23. The summed E-state index contributed by atoms with van der Waals surface area (Å²) in [7, 11) is 0. The molecule has 0 aromatic heterocycles. The van der Waals surface area contributed by atoms with Crippen LogP contribution in [0.1, 0.15) is 11.1 Å². The van der Waals surface area contributed by atoms with Crippen LogP contribution >= 0.6 is 0 Å². The van der Waals surface area contributed by atoms with Gasteiger partial charge in [-0.15, -0.1) is 0 Å². The lowest BCUT2D eigenvalue weighted by atomic mass is 9.99. The van der Waals surface area contributed by atoms with Gasteiger partial charge in [0.1, 0.15) is 0 Å². The van der Waals surface area contributed by atoms with Gasteiger partial charge in [-0.1, -0.05) is 48.5 Å². The quantitative estimate of drug-likeness (QED) is 0.819. The third-order valence-electron chi connectivity index (χ3n) is 2.81. The summed E-state index contributed by atoms with van der Waals surface area (Å²) >= 11 is 0. The normalized spacial score (nSPS) is 10.7. The number of carbonyl (C=O) groups excluding carboxylic acids is 1. The van der Waals surface area contributed by atoms with Gasteiger partial charge in [0, 0.05) is 6.08 Å². The Morgan fingerprint density at radius 2 is 1.72 bits per heavy atom. The number of carbonyl (C=O) groups is 1. The van der Waals surface area contributed by atoms with E-state index in [2.05, 4.69) is 19.1 Å². The highest BCUT2D eigenvalue weighted by atomic mass is 16.1. The number of primary amides is 1. The second kappa shape index (κ2) is 5.32. The summed E-state index contributed by atoms with van der Waals surface area (Å²) < 4.78 is 0. The summed E-state index contributed by atoms with van der Waals surface area (Å²) in [6, 6.07) is 16.3. The maximum Gasteiger partial charge on any atom is 0.241 e. The molecule has 0 spiro atoms. The van der Waals surface area contributed by atoms with E-state index in [1.54, 1.807) is 6.08 Å².